The van der Waals surface area contributed by atoms with E-state index in [2.05, 4.69) is 41.3 Å². The summed E-state index contributed by atoms with van der Waals surface area (Å²) in [6.07, 6.45) is 3.68. The number of hydrogen-bond donors (Lipinski definition) is 0. The van der Waals surface area contributed by atoms with E-state index in [-0.39, 0.29) is 0 Å². The maximum absolute atomic E-state index is 5.97. The number of rotatable bonds is 2. The molecule has 0 N–H and O–H groups in total. The summed E-state index contributed by atoms with van der Waals surface area (Å²) in [5.41, 5.74) is 6.27. The summed E-state index contributed by atoms with van der Waals surface area (Å²) in [5.74, 6) is 0. The highest BCUT2D eigenvalue weighted by atomic mass is 35.5. The van der Waals surface area contributed by atoms with Gasteiger partial charge in [0.15, 0.2) is 5.65 Å². The Morgan fingerprint density at radius 2 is 1.57 bits per heavy atom. The van der Waals surface area contributed by atoms with Gasteiger partial charge in [-0.2, -0.15) is 5.10 Å². The van der Waals surface area contributed by atoms with Crippen LogP contribution in [-0.2, 0) is 0 Å². The molecule has 23 heavy (non-hydrogen) atoms. The average Bonchev–Trinajstić information content (AvgIpc) is 3.00. The van der Waals surface area contributed by atoms with Gasteiger partial charge in [0.2, 0.25) is 0 Å². The normalized spacial score (nSPS) is 11.0. The van der Waals surface area contributed by atoms with Gasteiger partial charge in [-0.3, -0.25) is 0 Å². The molecule has 112 valence electrons. The fraction of sp³-hybridized carbons (Fsp3) is 0.0526. The Morgan fingerprint density at radius 1 is 0.870 bits per heavy atom. The molecule has 0 aliphatic carbocycles. The molecule has 0 atom stereocenters. The molecule has 0 bridgehead atoms. The zero-order valence-corrected chi connectivity index (χ0v) is 13.3. The zero-order chi connectivity index (χ0) is 15.8. The van der Waals surface area contributed by atoms with Crippen LogP contribution in [0.2, 0.25) is 5.02 Å². The lowest BCUT2D eigenvalue weighted by Gasteiger charge is -2.06. The van der Waals surface area contributed by atoms with Crippen LogP contribution in [0.4, 0.5) is 0 Å². The Bertz CT molecular complexity index is 970. The van der Waals surface area contributed by atoms with Crippen LogP contribution in [0.3, 0.4) is 0 Å². The van der Waals surface area contributed by atoms with Crippen molar-refractivity contribution in [2.24, 2.45) is 0 Å². The molecular weight excluding hydrogens is 306 g/mol. The number of hydrogen-bond acceptors (Lipinski definition) is 2. The Labute approximate surface area is 139 Å². The van der Waals surface area contributed by atoms with E-state index in [1.165, 1.54) is 5.56 Å². The fourth-order valence-corrected chi connectivity index (χ4v) is 2.79. The number of nitrogens with zero attached hydrogens (tertiary/aromatic N) is 3. The van der Waals surface area contributed by atoms with Crippen molar-refractivity contribution in [1.29, 1.82) is 0 Å². The van der Waals surface area contributed by atoms with E-state index in [4.69, 9.17) is 11.6 Å². The van der Waals surface area contributed by atoms with Crippen molar-refractivity contribution in [3.8, 4) is 22.4 Å². The van der Waals surface area contributed by atoms with Crippen LogP contribution in [0.15, 0.2) is 67.0 Å². The highest BCUT2D eigenvalue weighted by molar-refractivity contribution is 6.30. The topological polar surface area (TPSA) is 30.2 Å². The molecule has 4 aromatic rings. The van der Waals surface area contributed by atoms with Gasteiger partial charge < -0.3 is 0 Å². The summed E-state index contributed by atoms with van der Waals surface area (Å²) >= 11 is 5.97. The summed E-state index contributed by atoms with van der Waals surface area (Å²) in [5, 5.41) is 5.26. The van der Waals surface area contributed by atoms with E-state index in [1.807, 2.05) is 47.2 Å². The lowest BCUT2D eigenvalue weighted by Crippen LogP contribution is -1.95. The molecule has 0 fully saturated rings. The molecule has 2 aromatic carbocycles. The maximum atomic E-state index is 5.97. The molecule has 0 radical (unpaired) electrons. The fourth-order valence-electron chi connectivity index (χ4n) is 2.67. The quantitative estimate of drug-likeness (QED) is 0.519. The van der Waals surface area contributed by atoms with E-state index >= 15 is 0 Å². The van der Waals surface area contributed by atoms with Crippen molar-refractivity contribution in [3.63, 3.8) is 0 Å². The van der Waals surface area contributed by atoms with Crippen LogP contribution >= 0.6 is 11.6 Å². The smallest absolute Gasteiger partial charge is 0.163 e. The van der Waals surface area contributed by atoms with Crippen molar-refractivity contribution < 1.29 is 0 Å². The molecule has 2 aromatic heterocycles. The Hall–Kier alpha value is -2.65. The lowest BCUT2D eigenvalue weighted by molar-refractivity contribution is 0.948. The van der Waals surface area contributed by atoms with Gasteiger partial charge in [-0.05, 0) is 30.7 Å². The van der Waals surface area contributed by atoms with Crippen LogP contribution in [0.1, 0.15) is 5.56 Å². The largest absolute Gasteiger partial charge is 0.236 e. The number of aryl methyl sites for hydroxylation is 1. The predicted octanol–water partition coefficient (Wildman–Crippen LogP) is 5.03. The molecule has 0 aliphatic rings. The van der Waals surface area contributed by atoms with E-state index in [9.17, 15) is 0 Å². The van der Waals surface area contributed by atoms with Gasteiger partial charge in [-0.25, -0.2) is 9.50 Å². The molecular formula is C19H14ClN3. The highest BCUT2D eigenvalue weighted by Crippen LogP contribution is 2.27. The second kappa shape index (κ2) is 5.52. The number of aromatic nitrogens is 3. The maximum Gasteiger partial charge on any atom is 0.163 e. The summed E-state index contributed by atoms with van der Waals surface area (Å²) in [7, 11) is 0. The first-order valence-corrected chi connectivity index (χ1v) is 7.76. The molecule has 2 heterocycles. The molecule has 0 saturated carbocycles. The average molecular weight is 320 g/mol. The van der Waals surface area contributed by atoms with Gasteiger partial charge >= 0.3 is 0 Å². The minimum absolute atomic E-state index is 0.721. The third-order valence-electron chi connectivity index (χ3n) is 3.90. The summed E-state index contributed by atoms with van der Waals surface area (Å²) < 4.78 is 1.88. The number of fused-ring (bicyclic) bond motifs is 1. The van der Waals surface area contributed by atoms with Crippen molar-refractivity contribution in [2.45, 2.75) is 6.92 Å². The summed E-state index contributed by atoms with van der Waals surface area (Å²) in [6.45, 7) is 2.08. The molecule has 3 nitrogen and oxygen atoms in total. The van der Waals surface area contributed by atoms with E-state index < -0.39 is 0 Å². The van der Waals surface area contributed by atoms with Gasteiger partial charge in [0.05, 0.1) is 11.9 Å². The summed E-state index contributed by atoms with van der Waals surface area (Å²) in [6, 6.07) is 18.1. The van der Waals surface area contributed by atoms with Gasteiger partial charge in [-0.15, -0.1) is 0 Å². The standard InChI is InChI=1S/C19H14ClN3/c1-13-2-4-15(5-3-13)18-10-11-21-19-17(12-22-23(18)19)14-6-8-16(20)9-7-14/h2-12H,1H3. The van der Waals surface area contributed by atoms with Crippen LogP contribution in [0, 0.1) is 6.92 Å². The molecule has 0 unspecified atom stereocenters. The Balaban J connectivity index is 1.89. The van der Waals surface area contributed by atoms with Crippen molar-refractivity contribution in [1.82, 2.24) is 14.6 Å². The zero-order valence-electron chi connectivity index (χ0n) is 12.6. The van der Waals surface area contributed by atoms with Gasteiger partial charge in [0, 0.05) is 22.3 Å². The Morgan fingerprint density at radius 3 is 2.30 bits per heavy atom. The minimum Gasteiger partial charge on any atom is -0.236 e. The second-order valence-corrected chi connectivity index (χ2v) is 5.93. The van der Waals surface area contributed by atoms with Gasteiger partial charge in [-0.1, -0.05) is 53.6 Å². The molecule has 4 heteroatoms. The third-order valence-corrected chi connectivity index (χ3v) is 4.16. The van der Waals surface area contributed by atoms with E-state index in [0.29, 0.717) is 0 Å². The molecule has 0 saturated heterocycles. The first kappa shape index (κ1) is 14.0. The second-order valence-electron chi connectivity index (χ2n) is 5.50. The van der Waals surface area contributed by atoms with Crippen molar-refractivity contribution in [3.05, 3.63) is 77.6 Å². The van der Waals surface area contributed by atoms with E-state index in [1.54, 1.807) is 0 Å². The Kier molecular flexibility index (Phi) is 3.36. The summed E-state index contributed by atoms with van der Waals surface area (Å²) in [4.78, 5) is 4.51. The first-order chi connectivity index (χ1) is 11.2. The first-order valence-electron chi connectivity index (χ1n) is 7.38. The van der Waals surface area contributed by atoms with Crippen molar-refractivity contribution >= 4 is 17.2 Å². The number of benzene rings is 2. The molecule has 0 amide bonds. The molecule has 0 aliphatic heterocycles. The third kappa shape index (κ3) is 2.49. The van der Waals surface area contributed by atoms with Crippen LogP contribution < -0.4 is 0 Å². The van der Waals surface area contributed by atoms with E-state index in [0.717, 1.165) is 33.1 Å². The molecule has 0 spiro atoms. The van der Waals surface area contributed by atoms with Crippen LogP contribution in [-0.4, -0.2) is 14.6 Å². The van der Waals surface area contributed by atoms with Crippen molar-refractivity contribution in [2.75, 3.05) is 0 Å². The van der Waals surface area contributed by atoms with Gasteiger partial charge in [0.25, 0.3) is 0 Å². The highest BCUT2D eigenvalue weighted by Gasteiger charge is 2.11. The SMILES string of the molecule is Cc1ccc(-c2ccnc3c(-c4ccc(Cl)cc4)cnn23)cc1. The molecule has 4 rings (SSSR count). The predicted molar refractivity (Wildman–Crippen MR) is 93.6 cm³/mol. The van der Waals surface area contributed by atoms with Crippen LogP contribution in [0.5, 0.6) is 0 Å². The minimum atomic E-state index is 0.721. The van der Waals surface area contributed by atoms with Crippen LogP contribution in [0.25, 0.3) is 28.0 Å². The number of halogens is 1. The van der Waals surface area contributed by atoms with Gasteiger partial charge in [0.1, 0.15) is 0 Å². The lowest BCUT2D eigenvalue weighted by atomic mass is 10.1. The monoisotopic (exact) mass is 319 g/mol.